The van der Waals surface area contributed by atoms with Gasteiger partial charge in [-0.05, 0) is 51.8 Å². The number of nitrogens with two attached hydrogens (primary N) is 1. The van der Waals surface area contributed by atoms with Gasteiger partial charge in [-0.15, -0.1) is 0 Å². The molecule has 0 atom stereocenters. The zero-order chi connectivity index (χ0) is 14.8. The smallest absolute Gasteiger partial charge is 0.257 e. The number of anilines is 1. The lowest BCUT2D eigenvalue weighted by Gasteiger charge is -1.99. The Morgan fingerprint density at radius 3 is 2.62 bits per heavy atom. The van der Waals surface area contributed by atoms with E-state index in [0.29, 0.717) is 23.8 Å². The summed E-state index contributed by atoms with van der Waals surface area (Å²) in [6, 6.07) is 12.4. The number of phenolic OH excluding ortho intramolecular Hbond substituents is 1. The zero-order valence-electron chi connectivity index (χ0n) is 11.0. The number of rotatable bonds is 3. The Bertz CT molecular complexity index is 769. The Morgan fingerprint density at radius 2 is 1.90 bits per heavy atom. The maximum atomic E-state index is 9.26. The molecule has 3 N–H and O–H groups in total. The van der Waals surface area contributed by atoms with Crippen LogP contribution >= 0.6 is 15.9 Å². The van der Waals surface area contributed by atoms with Gasteiger partial charge in [-0.2, -0.15) is 4.98 Å². The van der Waals surface area contributed by atoms with Crippen LogP contribution in [0, 0.1) is 0 Å². The van der Waals surface area contributed by atoms with Crippen molar-refractivity contribution < 1.29 is 9.63 Å². The number of hydrogen-bond donors (Lipinski definition) is 2. The van der Waals surface area contributed by atoms with Crippen LogP contribution in [0.5, 0.6) is 5.75 Å². The quantitative estimate of drug-likeness (QED) is 0.710. The van der Waals surface area contributed by atoms with E-state index < -0.39 is 0 Å². The standard InChI is InChI=1S/C15H12BrN3O2/c16-12-8-10(3-6-13(12)17)15-18-14(19-21-15)7-9-1-4-11(20)5-2-9/h1-6,8,20H,7,17H2. The average Bonchev–Trinajstić information content (AvgIpc) is 2.93. The summed E-state index contributed by atoms with van der Waals surface area (Å²) >= 11 is 3.37. The molecule has 0 unspecified atom stereocenters. The van der Waals surface area contributed by atoms with Gasteiger partial charge in [0.2, 0.25) is 0 Å². The van der Waals surface area contributed by atoms with Crippen molar-refractivity contribution in [1.29, 1.82) is 0 Å². The predicted octanol–water partition coefficient (Wildman–Crippen LogP) is 3.38. The molecule has 0 fully saturated rings. The van der Waals surface area contributed by atoms with Gasteiger partial charge in [0.25, 0.3) is 5.89 Å². The van der Waals surface area contributed by atoms with Crippen LogP contribution in [0.1, 0.15) is 11.4 Å². The van der Waals surface area contributed by atoms with E-state index in [4.69, 9.17) is 10.3 Å². The average molecular weight is 346 g/mol. The van der Waals surface area contributed by atoms with Crippen molar-refractivity contribution in [3.63, 3.8) is 0 Å². The second kappa shape index (κ2) is 5.57. The first-order valence-electron chi connectivity index (χ1n) is 6.28. The molecule has 106 valence electrons. The number of aromatic nitrogens is 2. The normalized spacial score (nSPS) is 10.7. The third-order valence-electron chi connectivity index (χ3n) is 3.01. The molecule has 0 aliphatic rings. The van der Waals surface area contributed by atoms with Gasteiger partial charge in [0.15, 0.2) is 5.82 Å². The predicted molar refractivity (Wildman–Crippen MR) is 82.8 cm³/mol. The third-order valence-corrected chi connectivity index (χ3v) is 3.70. The Kier molecular flexibility index (Phi) is 3.62. The molecule has 0 spiro atoms. The summed E-state index contributed by atoms with van der Waals surface area (Å²) in [5.74, 6) is 1.27. The van der Waals surface area contributed by atoms with Crippen LogP contribution in [0.15, 0.2) is 51.5 Å². The molecule has 0 radical (unpaired) electrons. The summed E-state index contributed by atoms with van der Waals surface area (Å²) in [5.41, 5.74) is 8.21. The monoisotopic (exact) mass is 345 g/mol. The van der Waals surface area contributed by atoms with Crippen LogP contribution in [0.25, 0.3) is 11.5 Å². The van der Waals surface area contributed by atoms with Crippen molar-refractivity contribution in [2.24, 2.45) is 0 Å². The first-order valence-corrected chi connectivity index (χ1v) is 7.07. The molecule has 0 saturated carbocycles. The Balaban J connectivity index is 1.82. The number of benzene rings is 2. The van der Waals surface area contributed by atoms with E-state index in [1.807, 2.05) is 24.3 Å². The molecule has 1 heterocycles. The number of nitrogens with zero attached hydrogens (tertiary/aromatic N) is 2. The van der Waals surface area contributed by atoms with E-state index in [1.54, 1.807) is 18.2 Å². The van der Waals surface area contributed by atoms with Crippen molar-refractivity contribution in [2.45, 2.75) is 6.42 Å². The highest BCUT2D eigenvalue weighted by Crippen LogP contribution is 2.26. The van der Waals surface area contributed by atoms with Crippen LogP contribution in [0.2, 0.25) is 0 Å². The number of hydrogen-bond acceptors (Lipinski definition) is 5. The molecule has 3 aromatic rings. The van der Waals surface area contributed by atoms with E-state index in [2.05, 4.69) is 26.1 Å². The van der Waals surface area contributed by atoms with Gasteiger partial charge in [0, 0.05) is 22.1 Å². The second-order valence-electron chi connectivity index (χ2n) is 4.60. The van der Waals surface area contributed by atoms with Crippen LogP contribution in [-0.2, 0) is 6.42 Å². The van der Waals surface area contributed by atoms with Crippen LogP contribution < -0.4 is 5.73 Å². The van der Waals surface area contributed by atoms with Gasteiger partial charge in [-0.25, -0.2) is 0 Å². The lowest BCUT2D eigenvalue weighted by molar-refractivity contribution is 0.424. The van der Waals surface area contributed by atoms with Crippen molar-refractivity contribution in [3.8, 4) is 17.2 Å². The van der Waals surface area contributed by atoms with Crippen molar-refractivity contribution in [2.75, 3.05) is 5.73 Å². The topological polar surface area (TPSA) is 85.2 Å². The van der Waals surface area contributed by atoms with E-state index >= 15 is 0 Å². The fraction of sp³-hybridized carbons (Fsp3) is 0.0667. The van der Waals surface area contributed by atoms with Crippen molar-refractivity contribution in [3.05, 3.63) is 58.3 Å². The minimum atomic E-state index is 0.235. The van der Waals surface area contributed by atoms with Gasteiger partial charge in [-0.3, -0.25) is 0 Å². The maximum Gasteiger partial charge on any atom is 0.257 e. The van der Waals surface area contributed by atoms with E-state index in [1.165, 1.54) is 0 Å². The summed E-state index contributed by atoms with van der Waals surface area (Å²) in [7, 11) is 0. The Morgan fingerprint density at radius 1 is 1.14 bits per heavy atom. The fourth-order valence-corrected chi connectivity index (χ4v) is 2.28. The Labute approximate surface area is 129 Å². The lowest BCUT2D eigenvalue weighted by Crippen LogP contribution is -1.90. The minimum absolute atomic E-state index is 0.235. The number of phenols is 1. The molecule has 0 bridgehead atoms. The fourth-order valence-electron chi connectivity index (χ4n) is 1.90. The molecule has 0 aliphatic heterocycles. The Hall–Kier alpha value is -2.34. The van der Waals surface area contributed by atoms with Crippen LogP contribution in [0.4, 0.5) is 5.69 Å². The summed E-state index contributed by atoms with van der Waals surface area (Å²) < 4.78 is 6.06. The highest BCUT2D eigenvalue weighted by atomic mass is 79.9. The molecule has 6 heteroatoms. The second-order valence-corrected chi connectivity index (χ2v) is 5.45. The SMILES string of the molecule is Nc1ccc(-c2nc(Cc3ccc(O)cc3)no2)cc1Br. The highest BCUT2D eigenvalue weighted by Gasteiger charge is 2.10. The molecule has 0 saturated heterocycles. The molecular formula is C15H12BrN3O2. The summed E-state index contributed by atoms with van der Waals surface area (Å²) in [6.07, 6.45) is 0.542. The molecule has 1 aromatic heterocycles. The third kappa shape index (κ3) is 3.05. The first-order chi connectivity index (χ1) is 10.1. The molecule has 2 aromatic carbocycles. The van der Waals surface area contributed by atoms with Gasteiger partial charge in [-0.1, -0.05) is 17.3 Å². The molecular weight excluding hydrogens is 334 g/mol. The molecule has 21 heavy (non-hydrogen) atoms. The summed E-state index contributed by atoms with van der Waals surface area (Å²) in [6.45, 7) is 0. The van der Waals surface area contributed by atoms with E-state index in [9.17, 15) is 5.11 Å². The van der Waals surface area contributed by atoms with Crippen molar-refractivity contribution >= 4 is 21.6 Å². The van der Waals surface area contributed by atoms with E-state index in [0.717, 1.165) is 15.6 Å². The molecule has 3 rings (SSSR count). The van der Waals surface area contributed by atoms with Crippen molar-refractivity contribution in [1.82, 2.24) is 10.1 Å². The lowest BCUT2D eigenvalue weighted by atomic mass is 10.1. The molecule has 0 aliphatic carbocycles. The minimum Gasteiger partial charge on any atom is -0.508 e. The number of nitrogen functional groups attached to an aromatic ring is 1. The number of halogens is 1. The van der Waals surface area contributed by atoms with E-state index in [-0.39, 0.29) is 5.75 Å². The van der Waals surface area contributed by atoms with Gasteiger partial charge >= 0.3 is 0 Å². The van der Waals surface area contributed by atoms with Crippen LogP contribution in [0.3, 0.4) is 0 Å². The first kappa shape index (κ1) is 13.6. The maximum absolute atomic E-state index is 9.26. The molecule has 5 nitrogen and oxygen atoms in total. The van der Waals surface area contributed by atoms with Crippen LogP contribution in [-0.4, -0.2) is 15.2 Å². The largest absolute Gasteiger partial charge is 0.508 e. The van der Waals surface area contributed by atoms with Gasteiger partial charge in [0.1, 0.15) is 5.75 Å². The number of aromatic hydroxyl groups is 1. The highest BCUT2D eigenvalue weighted by molar-refractivity contribution is 9.10. The molecule has 0 amide bonds. The summed E-state index contributed by atoms with van der Waals surface area (Å²) in [5, 5.41) is 13.2. The van der Waals surface area contributed by atoms with Gasteiger partial charge in [0.05, 0.1) is 0 Å². The summed E-state index contributed by atoms with van der Waals surface area (Å²) in [4.78, 5) is 4.37. The zero-order valence-corrected chi connectivity index (χ0v) is 12.5. The van der Waals surface area contributed by atoms with Gasteiger partial charge < -0.3 is 15.4 Å².